The number of amides is 1. The number of carbonyl (C=O) groups excluding carboxylic acids is 1. The van der Waals surface area contributed by atoms with E-state index in [-0.39, 0.29) is 5.69 Å². The highest BCUT2D eigenvalue weighted by atomic mass is 16.5. The third-order valence-electron chi connectivity index (χ3n) is 4.41. The van der Waals surface area contributed by atoms with Gasteiger partial charge in [0.15, 0.2) is 11.4 Å². The molecule has 1 amide bonds. The Bertz CT molecular complexity index is 772. The first kappa shape index (κ1) is 18.0. The quantitative estimate of drug-likeness (QED) is 0.859. The van der Waals surface area contributed by atoms with Crippen molar-refractivity contribution in [2.75, 3.05) is 13.2 Å². The van der Waals surface area contributed by atoms with Gasteiger partial charge in [-0.15, -0.1) is 0 Å². The van der Waals surface area contributed by atoms with Crippen LogP contribution in [0.2, 0.25) is 0 Å². The van der Waals surface area contributed by atoms with Gasteiger partial charge in [0.2, 0.25) is 0 Å². The van der Waals surface area contributed by atoms with E-state index in [0.717, 1.165) is 24.9 Å². The Labute approximate surface area is 152 Å². The smallest absolute Gasteiger partial charge is 0.326 e. The van der Waals surface area contributed by atoms with E-state index in [4.69, 9.17) is 4.74 Å². The molecule has 1 fully saturated rings. The minimum Gasteiger partial charge on any atom is -0.489 e. The summed E-state index contributed by atoms with van der Waals surface area (Å²) in [5.41, 5.74) is 0.969. The number of hydrogen-bond acceptors (Lipinski definition) is 4. The minimum absolute atomic E-state index is 0.162. The first-order chi connectivity index (χ1) is 12.6. The van der Waals surface area contributed by atoms with Crippen molar-refractivity contribution in [2.24, 2.45) is 0 Å². The van der Waals surface area contributed by atoms with Gasteiger partial charge >= 0.3 is 5.97 Å². The average Bonchev–Trinajstić information content (AvgIpc) is 3.10. The molecule has 1 N–H and O–H groups in total. The topological polar surface area (TPSA) is 84.7 Å². The molecule has 2 aromatic rings. The van der Waals surface area contributed by atoms with Crippen LogP contribution in [0.3, 0.4) is 0 Å². The van der Waals surface area contributed by atoms with E-state index in [9.17, 15) is 14.7 Å². The summed E-state index contributed by atoms with van der Waals surface area (Å²) in [6, 6.07) is 8.63. The zero-order valence-electron chi connectivity index (χ0n) is 14.8. The van der Waals surface area contributed by atoms with Crippen LogP contribution in [0, 0.1) is 0 Å². The first-order valence-electron chi connectivity index (χ1n) is 8.93. The second kappa shape index (κ2) is 8.03. The van der Waals surface area contributed by atoms with Gasteiger partial charge in [0, 0.05) is 6.54 Å². The second-order valence-corrected chi connectivity index (χ2v) is 6.32. The third-order valence-corrected chi connectivity index (χ3v) is 4.41. The maximum atomic E-state index is 13.0. The van der Waals surface area contributed by atoms with Crippen LogP contribution in [0.25, 0.3) is 5.69 Å². The summed E-state index contributed by atoms with van der Waals surface area (Å²) >= 11 is 0. The predicted molar refractivity (Wildman–Crippen MR) is 95.7 cm³/mol. The van der Waals surface area contributed by atoms with Crippen LogP contribution in [-0.4, -0.2) is 50.9 Å². The summed E-state index contributed by atoms with van der Waals surface area (Å²) in [6.07, 6.45) is 4.54. The summed E-state index contributed by atoms with van der Waals surface area (Å²) in [4.78, 5) is 26.0. The van der Waals surface area contributed by atoms with Crippen molar-refractivity contribution in [1.29, 1.82) is 0 Å². The number of piperidine rings is 1. The molecule has 0 radical (unpaired) electrons. The summed E-state index contributed by atoms with van der Waals surface area (Å²) < 4.78 is 7.31. The van der Waals surface area contributed by atoms with Crippen molar-refractivity contribution in [1.82, 2.24) is 14.7 Å². The molecule has 0 bridgehead atoms. The number of para-hydroxylation sites is 1. The van der Waals surface area contributed by atoms with Gasteiger partial charge in [0.05, 0.1) is 18.5 Å². The highest BCUT2D eigenvalue weighted by Crippen LogP contribution is 2.25. The van der Waals surface area contributed by atoms with Crippen molar-refractivity contribution < 1.29 is 19.4 Å². The van der Waals surface area contributed by atoms with Crippen LogP contribution < -0.4 is 4.74 Å². The van der Waals surface area contributed by atoms with E-state index >= 15 is 0 Å². The average molecular weight is 357 g/mol. The summed E-state index contributed by atoms with van der Waals surface area (Å²) in [6.45, 7) is 2.86. The van der Waals surface area contributed by atoms with Crippen LogP contribution in [0.1, 0.15) is 43.1 Å². The molecule has 138 valence electrons. The van der Waals surface area contributed by atoms with Crippen molar-refractivity contribution >= 4 is 11.9 Å². The normalized spacial score (nSPS) is 17.1. The lowest BCUT2D eigenvalue weighted by atomic mass is 10.0. The Hall–Kier alpha value is -2.83. The van der Waals surface area contributed by atoms with Gasteiger partial charge in [0.25, 0.3) is 5.91 Å². The molecule has 7 heteroatoms. The Kier molecular flexibility index (Phi) is 5.55. The molecule has 1 unspecified atom stereocenters. The predicted octanol–water partition coefficient (Wildman–Crippen LogP) is 2.74. The van der Waals surface area contributed by atoms with Gasteiger partial charge in [-0.1, -0.05) is 25.1 Å². The summed E-state index contributed by atoms with van der Waals surface area (Å²) in [5, 5.41) is 13.9. The largest absolute Gasteiger partial charge is 0.489 e. The molecular formula is C19H23N3O4. The molecule has 2 heterocycles. The lowest BCUT2D eigenvalue weighted by Crippen LogP contribution is -2.48. The zero-order chi connectivity index (χ0) is 18.5. The second-order valence-electron chi connectivity index (χ2n) is 6.32. The number of ether oxygens (including phenoxy) is 1. The van der Waals surface area contributed by atoms with Crippen LogP contribution in [0.15, 0.2) is 36.5 Å². The molecule has 3 rings (SSSR count). The SMILES string of the molecule is CCCOc1cn(-c2ccccc2)nc1C(=O)N1CCCCC1C(=O)O. The molecule has 1 aliphatic heterocycles. The number of benzene rings is 1. The number of carbonyl (C=O) groups is 2. The third kappa shape index (κ3) is 3.71. The number of carboxylic acids is 1. The van der Waals surface area contributed by atoms with Crippen molar-refractivity contribution in [3.63, 3.8) is 0 Å². The monoisotopic (exact) mass is 357 g/mol. The summed E-state index contributed by atoms with van der Waals surface area (Å²) in [7, 11) is 0. The number of aliphatic carboxylic acids is 1. The number of rotatable bonds is 6. The fourth-order valence-corrected chi connectivity index (χ4v) is 3.10. The van der Waals surface area contributed by atoms with Crippen molar-refractivity contribution in [2.45, 2.75) is 38.6 Å². The Morgan fingerprint density at radius 3 is 2.73 bits per heavy atom. The Morgan fingerprint density at radius 1 is 1.27 bits per heavy atom. The molecule has 0 spiro atoms. The van der Waals surface area contributed by atoms with E-state index in [2.05, 4.69) is 5.10 Å². The molecule has 1 atom stereocenters. The molecule has 1 aliphatic rings. The van der Waals surface area contributed by atoms with Crippen LogP contribution >= 0.6 is 0 Å². The van der Waals surface area contributed by atoms with E-state index < -0.39 is 17.9 Å². The maximum absolute atomic E-state index is 13.0. The molecular weight excluding hydrogens is 334 g/mol. The van der Waals surface area contributed by atoms with Gasteiger partial charge in [0.1, 0.15) is 6.04 Å². The van der Waals surface area contributed by atoms with E-state index in [1.807, 2.05) is 37.3 Å². The van der Waals surface area contributed by atoms with Crippen LogP contribution in [0.4, 0.5) is 0 Å². The van der Waals surface area contributed by atoms with Gasteiger partial charge in [-0.25, -0.2) is 9.48 Å². The molecule has 0 aliphatic carbocycles. The minimum atomic E-state index is -0.975. The standard InChI is InChI=1S/C19H23N3O4/c1-2-12-26-16-13-22(14-8-4-3-5-9-14)20-17(16)18(23)21-11-7-6-10-15(21)19(24)25/h3-5,8-9,13,15H,2,6-7,10-12H2,1H3,(H,24,25). The molecule has 26 heavy (non-hydrogen) atoms. The lowest BCUT2D eigenvalue weighted by Gasteiger charge is -2.32. The van der Waals surface area contributed by atoms with Gasteiger partial charge in [-0.05, 0) is 37.8 Å². The number of carboxylic acid groups (broad SMARTS) is 1. The van der Waals surface area contributed by atoms with Crippen molar-refractivity contribution in [3.05, 3.63) is 42.2 Å². The van der Waals surface area contributed by atoms with Gasteiger partial charge < -0.3 is 14.7 Å². The molecule has 1 aromatic heterocycles. The van der Waals surface area contributed by atoms with Crippen LogP contribution in [0.5, 0.6) is 5.75 Å². The van der Waals surface area contributed by atoms with E-state index in [1.165, 1.54) is 4.90 Å². The number of aromatic nitrogens is 2. The molecule has 7 nitrogen and oxygen atoms in total. The molecule has 1 saturated heterocycles. The molecule has 0 saturated carbocycles. The fraction of sp³-hybridized carbons (Fsp3) is 0.421. The fourth-order valence-electron chi connectivity index (χ4n) is 3.10. The Morgan fingerprint density at radius 2 is 2.04 bits per heavy atom. The highest BCUT2D eigenvalue weighted by molar-refractivity contribution is 5.97. The van der Waals surface area contributed by atoms with E-state index in [1.54, 1.807) is 10.9 Å². The Balaban J connectivity index is 1.95. The zero-order valence-corrected chi connectivity index (χ0v) is 14.8. The molecule has 1 aromatic carbocycles. The van der Waals surface area contributed by atoms with Gasteiger partial charge in [-0.2, -0.15) is 5.10 Å². The van der Waals surface area contributed by atoms with E-state index in [0.29, 0.717) is 25.3 Å². The maximum Gasteiger partial charge on any atom is 0.326 e. The lowest BCUT2D eigenvalue weighted by molar-refractivity contribution is -0.143. The summed E-state index contributed by atoms with van der Waals surface area (Å²) in [5.74, 6) is -0.982. The number of likely N-dealkylation sites (tertiary alicyclic amines) is 1. The number of hydrogen-bond donors (Lipinski definition) is 1. The highest BCUT2D eigenvalue weighted by Gasteiger charge is 2.35. The number of nitrogens with zero attached hydrogens (tertiary/aromatic N) is 3. The van der Waals surface area contributed by atoms with Crippen LogP contribution in [-0.2, 0) is 4.79 Å². The van der Waals surface area contributed by atoms with Crippen molar-refractivity contribution in [3.8, 4) is 11.4 Å². The van der Waals surface area contributed by atoms with Gasteiger partial charge in [-0.3, -0.25) is 4.79 Å². The first-order valence-corrected chi connectivity index (χ1v) is 8.93.